The zero-order chi connectivity index (χ0) is 15.0. The summed E-state index contributed by atoms with van der Waals surface area (Å²) in [4.78, 5) is 12.4. The molecular weight excluding hydrogens is 262 g/mol. The van der Waals surface area contributed by atoms with Gasteiger partial charge < -0.3 is 5.32 Å². The number of fused-ring (bicyclic) bond motifs is 1. The Morgan fingerprint density at radius 2 is 2.14 bits per heavy atom. The van der Waals surface area contributed by atoms with Crippen LogP contribution in [0.1, 0.15) is 69.7 Å². The van der Waals surface area contributed by atoms with Crippen LogP contribution in [-0.2, 0) is 18.3 Å². The van der Waals surface area contributed by atoms with Gasteiger partial charge in [-0.3, -0.25) is 9.48 Å². The first-order valence-corrected chi connectivity index (χ1v) is 8.25. The molecule has 0 unspecified atom stereocenters. The van der Waals surface area contributed by atoms with Crippen LogP contribution < -0.4 is 5.32 Å². The quantitative estimate of drug-likeness (QED) is 0.929. The van der Waals surface area contributed by atoms with Crippen molar-refractivity contribution in [2.75, 3.05) is 0 Å². The van der Waals surface area contributed by atoms with Crippen LogP contribution in [0.5, 0.6) is 0 Å². The SMILES string of the molecule is Cn1ncc2c1CC(C)(C)C[C@H]2NC(=O)CC1CCCC1. The summed E-state index contributed by atoms with van der Waals surface area (Å²) < 4.78 is 1.96. The Labute approximate surface area is 127 Å². The molecule has 1 atom stereocenters. The van der Waals surface area contributed by atoms with Crippen LogP contribution in [0.15, 0.2) is 6.20 Å². The molecule has 1 N–H and O–H groups in total. The fraction of sp³-hybridized carbons (Fsp3) is 0.765. The first kappa shape index (κ1) is 14.6. The lowest BCUT2D eigenvalue weighted by atomic mass is 9.74. The summed E-state index contributed by atoms with van der Waals surface area (Å²) in [6.07, 6.45) is 9.71. The summed E-state index contributed by atoms with van der Waals surface area (Å²) >= 11 is 0. The summed E-state index contributed by atoms with van der Waals surface area (Å²) in [6.45, 7) is 4.55. The van der Waals surface area contributed by atoms with Gasteiger partial charge in [0.1, 0.15) is 0 Å². The van der Waals surface area contributed by atoms with Crippen molar-refractivity contribution in [3.8, 4) is 0 Å². The summed E-state index contributed by atoms with van der Waals surface area (Å²) in [5.74, 6) is 0.828. The van der Waals surface area contributed by atoms with Gasteiger partial charge >= 0.3 is 0 Å². The minimum absolute atomic E-state index is 0.131. The summed E-state index contributed by atoms with van der Waals surface area (Å²) in [5.41, 5.74) is 2.71. The van der Waals surface area contributed by atoms with E-state index < -0.39 is 0 Å². The normalized spacial score (nSPS) is 24.8. The van der Waals surface area contributed by atoms with Gasteiger partial charge in [0.25, 0.3) is 0 Å². The second-order valence-corrected chi connectivity index (χ2v) is 7.69. The van der Waals surface area contributed by atoms with Crippen molar-refractivity contribution < 1.29 is 4.79 Å². The van der Waals surface area contributed by atoms with E-state index in [2.05, 4.69) is 24.3 Å². The highest BCUT2D eigenvalue weighted by Gasteiger charge is 2.35. The first-order valence-electron chi connectivity index (χ1n) is 8.25. The monoisotopic (exact) mass is 289 g/mol. The van der Waals surface area contributed by atoms with Gasteiger partial charge in [0, 0.05) is 24.7 Å². The highest BCUT2D eigenvalue weighted by Crippen LogP contribution is 2.40. The van der Waals surface area contributed by atoms with Crippen LogP contribution >= 0.6 is 0 Å². The van der Waals surface area contributed by atoms with Gasteiger partial charge in [-0.15, -0.1) is 0 Å². The molecule has 0 spiro atoms. The topological polar surface area (TPSA) is 46.9 Å². The van der Waals surface area contributed by atoms with Crippen molar-refractivity contribution >= 4 is 5.91 Å². The molecule has 0 aromatic carbocycles. The average Bonchev–Trinajstić information content (AvgIpc) is 2.99. The summed E-state index contributed by atoms with van der Waals surface area (Å²) in [5, 5.41) is 7.67. The molecule has 116 valence electrons. The number of nitrogens with zero attached hydrogens (tertiary/aromatic N) is 2. The molecule has 1 amide bonds. The third-order valence-electron chi connectivity index (χ3n) is 5.16. The molecule has 4 heteroatoms. The fourth-order valence-electron chi connectivity index (χ4n) is 4.03. The Bertz CT molecular complexity index is 526. The van der Waals surface area contributed by atoms with Crippen LogP contribution in [-0.4, -0.2) is 15.7 Å². The molecule has 1 fully saturated rings. The lowest BCUT2D eigenvalue weighted by Crippen LogP contribution is -2.37. The lowest BCUT2D eigenvalue weighted by molar-refractivity contribution is -0.123. The molecule has 1 saturated carbocycles. The molecule has 0 bridgehead atoms. The number of carbonyl (C=O) groups is 1. The van der Waals surface area contributed by atoms with Crippen LogP contribution in [0, 0.1) is 11.3 Å². The lowest BCUT2D eigenvalue weighted by Gasteiger charge is -2.35. The molecular formula is C17H27N3O. The van der Waals surface area contributed by atoms with Gasteiger partial charge in [0.2, 0.25) is 5.91 Å². The molecule has 1 aromatic rings. The Morgan fingerprint density at radius 3 is 2.86 bits per heavy atom. The Balaban J connectivity index is 1.70. The van der Waals surface area contributed by atoms with E-state index in [9.17, 15) is 4.79 Å². The Morgan fingerprint density at radius 1 is 1.43 bits per heavy atom. The van der Waals surface area contributed by atoms with Crippen LogP contribution in [0.25, 0.3) is 0 Å². The maximum atomic E-state index is 12.4. The molecule has 0 aliphatic heterocycles. The van der Waals surface area contributed by atoms with Gasteiger partial charge in [0.15, 0.2) is 0 Å². The van der Waals surface area contributed by atoms with Crippen molar-refractivity contribution in [3.05, 3.63) is 17.5 Å². The van der Waals surface area contributed by atoms with Gasteiger partial charge in [-0.05, 0) is 37.0 Å². The zero-order valence-electron chi connectivity index (χ0n) is 13.5. The first-order chi connectivity index (χ1) is 9.94. The maximum Gasteiger partial charge on any atom is 0.220 e. The third-order valence-corrected chi connectivity index (χ3v) is 5.16. The summed E-state index contributed by atoms with van der Waals surface area (Å²) in [6, 6.07) is 0.131. The maximum absolute atomic E-state index is 12.4. The molecule has 3 rings (SSSR count). The number of amides is 1. The Hall–Kier alpha value is -1.32. The van der Waals surface area contributed by atoms with Gasteiger partial charge in [0.05, 0.1) is 12.2 Å². The average molecular weight is 289 g/mol. The second kappa shape index (κ2) is 5.47. The number of nitrogens with one attached hydrogen (secondary N) is 1. The van der Waals surface area contributed by atoms with E-state index in [4.69, 9.17) is 0 Å². The molecule has 0 radical (unpaired) electrons. The van der Waals surface area contributed by atoms with E-state index in [0.29, 0.717) is 12.3 Å². The van der Waals surface area contributed by atoms with Crippen molar-refractivity contribution in [3.63, 3.8) is 0 Å². The van der Waals surface area contributed by atoms with E-state index in [1.54, 1.807) is 0 Å². The molecule has 0 saturated heterocycles. The van der Waals surface area contributed by atoms with E-state index in [-0.39, 0.29) is 17.4 Å². The molecule has 1 aromatic heterocycles. The fourth-order valence-corrected chi connectivity index (χ4v) is 4.03. The number of carbonyl (C=O) groups excluding carboxylic acids is 1. The standard InChI is InChI=1S/C17H27N3O/c1-17(2)9-14(13-11-18-20(3)15(13)10-17)19-16(21)8-12-6-4-5-7-12/h11-12,14H,4-10H2,1-3H3,(H,19,21)/t14-/m1/s1. The Kier molecular flexibility index (Phi) is 3.80. The third kappa shape index (κ3) is 3.14. The highest BCUT2D eigenvalue weighted by molar-refractivity contribution is 5.76. The summed E-state index contributed by atoms with van der Waals surface area (Å²) in [7, 11) is 2.00. The molecule has 2 aliphatic rings. The van der Waals surface area contributed by atoms with Crippen LogP contribution in [0.4, 0.5) is 0 Å². The van der Waals surface area contributed by atoms with Crippen molar-refractivity contribution in [1.29, 1.82) is 0 Å². The van der Waals surface area contributed by atoms with E-state index in [1.165, 1.54) is 36.9 Å². The second-order valence-electron chi connectivity index (χ2n) is 7.69. The molecule has 21 heavy (non-hydrogen) atoms. The predicted molar refractivity (Wildman–Crippen MR) is 82.8 cm³/mol. The smallest absolute Gasteiger partial charge is 0.220 e. The minimum Gasteiger partial charge on any atom is -0.349 e. The van der Waals surface area contributed by atoms with Gasteiger partial charge in [-0.1, -0.05) is 26.7 Å². The minimum atomic E-state index is 0.131. The molecule has 1 heterocycles. The van der Waals surface area contributed by atoms with Crippen LogP contribution in [0.2, 0.25) is 0 Å². The van der Waals surface area contributed by atoms with Crippen molar-refractivity contribution in [2.45, 2.75) is 64.8 Å². The van der Waals surface area contributed by atoms with Crippen molar-refractivity contribution in [2.24, 2.45) is 18.4 Å². The molecule has 4 nitrogen and oxygen atoms in total. The number of aromatic nitrogens is 2. The largest absolute Gasteiger partial charge is 0.349 e. The van der Waals surface area contributed by atoms with Gasteiger partial charge in [-0.2, -0.15) is 5.10 Å². The van der Waals surface area contributed by atoms with E-state index in [1.807, 2.05) is 17.9 Å². The number of hydrogen-bond acceptors (Lipinski definition) is 2. The van der Waals surface area contributed by atoms with E-state index in [0.717, 1.165) is 12.8 Å². The number of aryl methyl sites for hydroxylation is 1. The zero-order valence-corrected chi connectivity index (χ0v) is 13.5. The highest BCUT2D eigenvalue weighted by atomic mass is 16.1. The van der Waals surface area contributed by atoms with Crippen LogP contribution in [0.3, 0.4) is 0 Å². The van der Waals surface area contributed by atoms with Gasteiger partial charge in [-0.25, -0.2) is 0 Å². The predicted octanol–water partition coefficient (Wildman–Crippen LogP) is 3.13. The van der Waals surface area contributed by atoms with Crippen molar-refractivity contribution in [1.82, 2.24) is 15.1 Å². The molecule has 2 aliphatic carbocycles. The number of rotatable bonds is 3. The number of hydrogen-bond donors (Lipinski definition) is 1. The van der Waals surface area contributed by atoms with E-state index >= 15 is 0 Å².